The molecule has 2 heterocycles. The van der Waals surface area contributed by atoms with Gasteiger partial charge in [0.1, 0.15) is 11.5 Å². The second kappa shape index (κ2) is 8.39. The molecule has 3 aromatic rings. The molecule has 0 spiro atoms. The van der Waals surface area contributed by atoms with Crippen molar-refractivity contribution in [1.82, 2.24) is 0 Å². The van der Waals surface area contributed by atoms with Crippen molar-refractivity contribution in [1.29, 1.82) is 0 Å². The molecule has 1 aliphatic rings. The molecule has 0 aliphatic carbocycles. The number of benzene rings is 2. The number of furan rings is 1. The lowest BCUT2D eigenvalue weighted by Gasteiger charge is -2.16. The zero-order valence-electron chi connectivity index (χ0n) is 17.7. The molecule has 2 aromatic carbocycles. The summed E-state index contributed by atoms with van der Waals surface area (Å²) in [5.41, 5.74) is 3.13. The van der Waals surface area contributed by atoms with Crippen molar-refractivity contribution < 1.29 is 23.9 Å². The van der Waals surface area contributed by atoms with Crippen molar-refractivity contribution in [3.05, 3.63) is 76.4 Å². The van der Waals surface area contributed by atoms with Crippen LogP contribution in [0.25, 0.3) is 17.4 Å². The lowest BCUT2D eigenvalue weighted by Crippen LogP contribution is -2.27. The third-order valence-corrected chi connectivity index (χ3v) is 5.94. The van der Waals surface area contributed by atoms with Crippen LogP contribution in [0.1, 0.15) is 21.7 Å². The van der Waals surface area contributed by atoms with Crippen LogP contribution in [0.4, 0.5) is 16.2 Å². The summed E-state index contributed by atoms with van der Waals surface area (Å²) in [4.78, 5) is 40.0. The number of thioether (sulfide) groups is 1. The summed E-state index contributed by atoms with van der Waals surface area (Å²) < 4.78 is 5.84. The Kier molecular flexibility index (Phi) is 5.63. The monoisotopic (exact) mass is 448 g/mol. The number of aryl methyl sites for hydroxylation is 1. The average molecular weight is 449 g/mol. The number of carbonyl (C=O) groups excluding carboxylic acids is 2. The van der Waals surface area contributed by atoms with Crippen LogP contribution in [-0.4, -0.2) is 36.3 Å². The second-order valence-corrected chi connectivity index (χ2v) is 8.46. The number of anilines is 2. The van der Waals surface area contributed by atoms with Gasteiger partial charge in [0, 0.05) is 31.4 Å². The Bertz CT molecular complexity index is 1260. The molecule has 1 fully saturated rings. The lowest BCUT2D eigenvalue weighted by atomic mass is 10.0. The Hall–Kier alpha value is -3.78. The van der Waals surface area contributed by atoms with Crippen LogP contribution in [-0.2, 0) is 4.79 Å². The molecule has 0 atom stereocenters. The van der Waals surface area contributed by atoms with E-state index in [9.17, 15) is 19.5 Å². The minimum Gasteiger partial charge on any atom is -0.478 e. The van der Waals surface area contributed by atoms with E-state index >= 15 is 0 Å². The standard InChI is InChI=1S/C24H20N2O5S/c1-14-4-5-15(23(28)29)12-19(14)20-11-10-18(31-20)13-21-22(27)26(24(30)32-21)17-8-6-16(7-9-17)25(2)3/h4-13H,1-3H3,(H,28,29)/b21-13+. The van der Waals surface area contributed by atoms with Gasteiger partial charge in [0.05, 0.1) is 16.2 Å². The van der Waals surface area contributed by atoms with Gasteiger partial charge >= 0.3 is 5.97 Å². The van der Waals surface area contributed by atoms with E-state index in [0.29, 0.717) is 22.8 Å². The van der Waals surface area contributed by atoms with Crippen molar-refractivity contribution in [2.75, 3.05) is 23.9 Å². The molecule has 7 nitrogen and oxygen atoms in total. The van der Waals surface area contributed by atoms with Gasteiger partial charge in [-0.3, -0.25) is 9.59 Å². The predicted octanol–water partition coefficient (Wildman–Crippen LogP) is 5.26. The van der Waals surface area contributed by atoms with E-state index in [1.807, 2.05) is 38.1 Å². The molecule has 2 amide bonds. The number of imide groups is 1. The molecule has 162 valence electrons. The van der Waals surface area contributed by atoms with Crippen LogP contribution < -0.4 is 9.80 Å². The summed E-state index contributed by atoms with van der Waals surface area (Å²) in [6.07, 6.45) is 1.53. The van der Waals surface area contributed by atoms with Gasteiger partial charge in [-0.25, -0.2) is 9.69 Å². The second-order valence-electron chi connectivity index (χ2n) is 7.46. The van der Waals surface area contributed by atoms with E-state index < -0.39 is 11.9 Å². The Morgan fingerprint density at radius 2 is 1.78 bits per heavy atom. The van der Waals surface area contributed by atoms with E-state index in [-0.39, 0.29) is 15.7 Å². The largest absolute Gasteiger partial charge is 0.478 e. The molecule has 0 saturated carbocycles. The van der Waals surface area contributed by atoms with Crippen molar-refractivity contribution in [2.24, 2.45) is 0 Å². The van der Waals surface area contributed by atoms with Crippen molar-refractivity contribution >= 4 is 46.3 Å². The summed E-state index contributed by atoms with van der Waals surface area (Å²) in [5, 5.41) is 8.86. The minimum absolute atomic E-state index is 0.157. The summed E-state index contributed by atoms with van der Waals surface area (Å²) in [5.74, 6) is -0.561. The molecule has 1 saturated heterocycles. The van der Waals surface area contributed by atoms with Gasteiger partial charge in [0.2, 0.25) is 0 Å². The fourth-order valence-corrected chi connectivity index (χ4v) is 4.14. The first-order valence-electron chi connectivity index (χ1n) is 9.74. The van der Waals surface area contributed by atoms with Crippen LogP contribution >= 0.6 is 11.8 Å². The van der Waals surface area contributed by atoms with Gasteiger partial charge < -0.3 is 14.4 Å². The minimum atomic E-state index is -1.02. The summed E-state index contributed by atoms with van der Waals surface area (Å²) in [6.45, 7) is 1.86. The number of amides is 2. The highest BCUT2D eigenvalue weighted by atomic mass is 32.2. The van der Waals surface area contributed by atoms with E-state index in [0.717, 1.165) is 27.9 Å². The van der Waals surface area contributed by atoms with E-state index in [1.165, 1.54) is 12.1 Å². The topological polar surface area (TPSA) is 91.1 Å². The maximum atomic E-state index is 12.9. The number of hydrogen-bond acceptors (Lipinski definition) is 6. The number of nitrogens with zero attached hydrogens (tertiary/aromatic N) is 2. The molecule has 0 radical (unpaired) electrons. The fraction of sp³-hybridized carbons (Fsp3) is 0.125. The molecule has 1 aromatic heterocycles. The molecular formula is C24H20N2O5S. The Balaban J connectivity index is 1.60. The highest BCUT2D eigenvalue weighted by Gasteiger charge is 2.36. The normalized spacial score (nSPS) is 15.0. The number of carboxylic acid groups (broad SMARTS) is 1. The highest BCUT2D eigenvalue weighted by molar-refractivity contribution is 8.19. The van der Waals surface area contributed by atoms with Gasteiger partial charge in [-0.15, -0.1) is 0 Å². The van der Waals surface area contributed by atoms with Gasteiger partial charge in [-0.05, 0) is 72.8 Å². The molecule has 4 rings (SSSR count). The number of carbonyl (C=O) groups is 3. The molecule has 0 bridgehead atoms. The van der Waals surface area contributed by atoms with Crippen LogP contribution in [0.2, 0.25) is 0 Å². The quantitative estimate of drug-likeness (QED) is 0.532. The number of aromatic carboxylic acids is 1. The first-order valence-corrected chi connectivity index (χ1v) is 10.6. The zero-order chi connectivity index (χ0) is 23.0. The van der Waals surface area contributed by atoms with Crippen LogP contribution in [0.3, 0.4) is 0 Å². The number of rotatable bonds is 5. The third-order valence-electron chi connectivity index (χ3n) is 5.07. The van der Waals surface area contributed by atoms with Crippen molar-refractivity contribution in [3.8, 4) is 11.3 Å². The maximum Gasteiger partial charge on any atom is 0.335 e. The Morgan fingerprint density at radius 1 is 1.06 bits per heavy atom. The van der Waals surface area contributed by atoms with Crippen LogP contribution in [0.15, 0.2) is 63.9 Å². The van der Waals surface area contributed by atoms with Gasteiger partial charge in [-0.2, -0.15) is 0 Å². The molecule has 0 unspecified atom stereocenters. The summed E-state index contributed by atoms with van der Waals surface area (Å²) >= 11 is 0.847. The summed E-state index contributed by atoms with van der Waals surface area (Å²) in [6, 6.07) is 15.3. The zero-order valence-corrected chi connectivity index (χ0v) is 18.5. The fourth-order valence-electron chi connectivity index (χ4n) is 3.32. The van der Waals surface area contributed by atoms with E-state index in [4.69, 9.17) is 4.42 Å². The third kappa shape index (κ3) is 4.04. The number of hydrogen-bond donors (Lipinski definition) is 1. The summed E-state index contributed by atoms with van der Waals surface area (Å²) in [7, 11) is 3.82. The first kappa shape index (κ1) is 21.5. The van der Waals surface area contributed by atoms with Gasteiger partial charge in [-0.1, -0.05) is 6.07 Å². The first-order chi connectivity index (χ1) is 15.2. The molecule has 1 N–H and O–H groups in total. The van der Waals surface area contributed by atoms with Crippen LogP contribution in [0, 0.1) is 6.92 Å². The lowest BCUT2D eigenvalue weighted by molar-refractivity contribution is -0.113. The number of carboxylic acids is 1. The van der Waals surface area contributed by atoms with Crippen LogP contribution in [0.5, 0.6) is 0 Å². The Morgan fingerprint density at radius 3 is 2.44 bits per heavy atom. The molecule has 8 heteroatoms. The van der Waals surface area contributed by atoms with E-state index in [2.05, 4.69) is 0 Å². The SMILES string of the molecule is Cc1ccc(C(=O)O)cc1-c1ccc(/C=C2/SC(=O)N(c3ccc(N(C)C)cc3)C2=O)o1. The molecule has 32 heavy (non-hydrogen) atoms. The van der Waals surface area contributed by atoms with Crippen molar-refractivity contribution in [2.45, 2.75) is 6.92 Å². The molecular weight excluding hydrogens is 428 g/mol. The smallest absolute Gasteiger partial charge is 0.335 e. The Labute approximate surface area is 188 Å². The predicted molar refractivity (Wildman–Crippen MR) is 125 cm³/mol. The average Bonchev–Trinajstić information content (AvgIpc) is 3.32. The molecule has 1 aliphatic heterocycles. The van der Waals surface area contributed by atoms with Crippen molar-refractivity contribution in [3.63, 3.8) is 0 Å². The van der Waals surface area contributed by atoms with E-state index in [1.54, 1.807) is 36.4 Å². The van der Waals surface area contributed by atoms with Gasteiger partial charge in [0.15, 0.2) is 0 Å². The highest BCUT2D eigenvalue weighted by Crippen LogP contribution is 2.37. The maximum absolute atomic E-state index is 12.9. The van der Waals surface area contributed by atoms with Gasteiger partial charge in [0.25, 0.3) is 11.1 Å².